The number of rotatable bonds is 10. The van der Waals surface area contributed by atoms with Gasteiger partial charge in [-0.2, -0.15) is 13.2 Å². The van der Waals surface area contributed by atoms with Crippen molar-refractivity contribution in [1.82, 2.24) is 4.98 Å². The van der Waals surface area contributed by atoms with Gasteiger partial charge in [-0.15, -0.1) is 0 Å². The van der Waals surface area contributed by atoms with Crippen LogP contribution in [0.2, 0.25) is 0 Å². The summed E-state index contributed by atoms with van der Waals surface area (Å²) >= 11 is 0. The number of aromatic nitrogens is 1. The fourth-order valence-electron chi connectivity index (χ4n) is 4.13. The summed E-state index contributed by atoms with van der Waals surface area (Å²) in [6.07, 6.45) is 1.95. The average molecular weight is 496 g/mol. The van der Waals surface area contributed by atoms with Gasteiger partial charge in [-0.1, -0.05) is 55.8 Å². The molecule has 0 fully saturated rings. The number of alkyl halides is 3. The van der Waals surface area contributed by atoms with E-state index in [9.17, 15) is 13.2 Å². The molecule has 0 atom stereocenters. The molecule has 0 bridgehead atoms. The van der Waals surface area contributed by atoms with E-state index in [0.29, 0.717) is 30.4 Å². The standard InChI is InChI=1S/C30H29F4NO/c1-2-3-18-36-27-16-15-26(35-20-27)14-7-22-8-17-28-24(19-22)11-10-23(29(28)31)9-4-21-5-12-25(13-6-21)30(32,33)34/h5-6,8,10-13,15-17,19-20H,2-4,7,9,14,18H2,1H3. The van der Waals surface area contributed by atoms with Crippen LogP contribution < -0.4 is 4.74 Å². The normalized spacial score (nSPS) is 11.7. The van der Waals surface area contributed by atoms with Gasteiger partial charge in [-0.3, -0.25) is 4.98 Å². The second kappa shape index (κ2) is 11.5. The van der Waals surface area contributed by atoms with E-state index in [2.05, 4.69) is 11.9 Å². The highest BCUT2D eigenvalue weighted by molar-refractivity contribution is 5.84. The first-order valence-corrected chi connectivity index (χ1v) is 12.3. The first-order chi connectivity index (χ1) is 17.3. The summed E-state index contributed by atoms with van der Waals surface area (Å²) in [5.74, 6) is 0.508. The number of fused-ring (bicyclic) bond motifs is 1. The highest BCUT2D eigenvalue weighted by atomic mass is 19.4. The molecule has 188 valence electrons. The lowest BCUT2D eigenvalue weighted by Crippen LogP contribution is -2.04. The maximum Gasteiger partial charge on any atom is 0.416 e. The quantitative estimate of drug-likeness (QED) is 0.164. The number of hydrogen-bond donors (Lipinski definition) is 0. The van der Waals surface area contributed by atoms with Gasteiger partial charge in [-0.25, -0.2) is 4.39 Å². The number of ether oxygens (including phenoxy) is 1. The number of pyridine rings is 1. The van der Waals surface area contributed by atoms with Crippen molar-refractivity contribution in [3.63, 3.8) is 0 Å². The van der Waals surface area contributed by atoms with Crippen LogP contribution in [-0.2, 0) is 31.9 Å². The minimum atomic E-state index is -4.36. The van der Waals surface area contributed by atoms with E-state index < -0.39 is 11.7 Å². The van der Waals surface area contributed by atoms with Gasteiger partial charge in [0, 0.05) is 11.1 Å². The Kier molecular flexibility index (Phi) is 8.24. The van der Waals surface area contributed by atoms with Gasteiger partial charge in [0.25, 0.3) is 0 Å². The number of halogens is 4. The van der Waals surface area contributed by atoms with Crippen molar-refractivity contribution in [3.05, 3.63) is 107 Å². The summed E-state index contributed by atoms with van der Waals surface area (Å²) < 4.78 is 59.0. The van der Waals surface area contributed by atoms with Crippen LogP contribution in [0, 0.1) is 5.82 Å². The molecule has 4 rings (SSSR count). The lowest BCUT2D eigenvalue weighted by atomic mass is 9.97. The van der Waals surface area contributed by atoms with Gasteiger partial charge in [0.05, 0.1) is 18.4 Å². The smallest absolute Gasteiger partial charge is 0.416 e. The monoisotopic (exact) mass is 495 g/mol. The summed E-state index contributed by atoms with van der Waals surface area (Å²) in [5.41, 5.74) is 2.70. The van der Waals surface area contributed by atoms with Crippen LogP contribution in [-0.4, -0.2) is 11.6 Å². The fourth-order valence-corrected chi connectivity index (χ4v) is 4.13. The van der Waals surface area contributed by atoms with E-state index in [0.717, 1.165) is 65.8 Å². The van der Waals surface area contributed by atoms with Gasteiger partial charge in [0.15, 0.2) is 0 Å². The van der Waals surface area contributed by atoms with Gasteiger partial charge in [0.1, 0.15) is 11.6 Å². The number of nitrogens with zero attached hydrogens (tertiary/aromatic N) is 1. The molecule has 2 nitrogen and oxygen atoms in total. The molecule has 0 saturated heterocycles. The Morgan fingerprint density at radius 3 is 2.25 bits per heavy atom. The van der Waals surface area contributed by atoms with E-state index in [1.165, 1.54) is 12.1 Å². The topological polar surface area (TPSA) is 22.1 Å². The zero-order chi connectivity index (χ0) is 25.5. The van der Waals surface area contributed by atoms with Gasteiger partial charge < -0.3 is 4.74 Å². The summed E-state index contributed by atoms with van der Waals surface area (Å²) in [5, 5.41) is 1.38. The Labute approximate surface area is 209 Å². The Morgan fingerprint density at radius 1 is 0.806 bits per heavy atom. The van der Waals surface area contributed by atoms with Crippen molar-refractivity contribution in [2.75, 3.05) is 6.61 Å². The van der Waals surface area contributed by atoms with Crippen molar-refractivity contribution in [1.29, 1.82) is 0 Å². The molecule has 1 aromatic heterocycles. The summed E-state index contributed by atoms with van der Waals surface area (Å²) in [6, 6.07) is 18.4. The lowest BCUT2D eigenvalue weighted by molar-refractivity contribution is -0.137. The zero-order valence-electron chi connectivity index (χ0n) is 20.2. The van der Waals surface area contributed by atoms with E-state index >= 15 is 4.39 Å². The fraction of sp³-hybridized carbons (Fsp3) is 0.300. The summed E-state index contributed by atoms with van der Waals surface area (Å²) in [7, 11) is 0. The third kappa shape index (κ3) is 6.62. The van der Waals surface area contributed by atoms with Crippen LogP contribution in [0.4, 0.5) is 17.6 Å². The predicted molar refractivity (Wildman–Crippen MR) is 135 cm³/mol. The number of unbranched alkanes of at least 4 members (excludes halogenated alkanes) is 1. The second-order valence-corrected chi connectivity index (χ2v) is 8.98. The SMILES string of the molecule is CCCCOc1ccc(CCc2ccc3c(F)c(CCc4ccc(C(F)(F)F)cc4)ccc3c2)nc1. The van der Waals surface area contributed by atoms with Gasteiger partial charge in [-0.05, 0) is 78.4 Å². The zero-order valence-corrected chi connectivity index (χ0v) is 20.2. The highest BCUT2D eigenvalue weighted by Gasteiger charge is 2.29. The summed E-state index contributed by atoms with van der Waals surface area (Å²) in [6.45, 7) is 2.82. The largest absolute Gasteiger partial charge is 0.492 e. The van der Waals surface area contributed by atoms with Crippen LogP contribution in [0.25, 0.3) is 10.8 Å². The molecule has 0 radical (unpaired) electrons. The molecule has 0 aliphatic rings. The average Bonchev–Trinajstić information content (AvgIpc) is 2.88. The van der Waals surface area contributed by atoms with E-state index in [4.69, 9.17) is 4.74 Å². The van der Waals surface area contributed by atoms with Crippen LogP contribution in [0.15, 0.2) is 72.9 Å². The van der Waals surface area contributed by atoms with E-state index in [1.54, 1.807) is 18.3 Å². The minimum Gasteiger partial charge on any atom is -0.492 e. The molecule has 0 saturated carbocycles. The Bertz CT molecular complexity index is 1280. The van der Waals surface area contributed by atoms with Crippen LogP contribution in [0.3, 0.4) is 0 Å². The van der Waals surface area contributed by atoms with Crippen LogP contribution in [0.5, 0.6) is 5.75 Å². The highest BCUT2D eigenvalue weighted by Crippen LogP contribution is 2.29. The van der Waals surface area contributed by atoms with Gasteiger partial charge >= 0.3 is 6.18 Å². The number of aryl methyl sites for hydroxylation is 4. The molecule has 0 N–H and O–H groups in total. The molecular formula is C30H29F4NO. The number of benzene rings is 3. The molecule has 0 aliphatic heterocycles. The molecule has 6 heteroatoms. The van der Waals surface area contributed by atoms with Crippen LogP contribution >= 0.6 is 0 Å². The Balaban J connectivity index is 1.36. The molecule has 3 aromatic carbocycles. The molecule has 0 aliphatic carbocycles. The first-order valence-electron chi connectivity index (χ1n) is 12.3. The van der Waals surface area contributed by atoms with Crippen molar-refractivity contribution >= 4 is 10.8 Å². The van der Waals surface area contributed by atoms with Crippen molar-refractivity contribution in [2.24, 2.45) is 0 Å². The molecule has 36 heavy (non-hydrogen) atoms. The van der Waals surface area contributed by atoms with Crippen LogP contribution in [0.1, 0.15) is 47.7 Å². The second-order valence-electron chi connectivity index (χ2n) is 8.98. The van der Waals surface area contributed by atoms with Crippen molar-refractivity contribution in [3.8, 4) is 5.75 Å². The number of hydrogen-bond acceptors (Lipinski definition) is 2. The Hall–Kier alpha value is -3.41. The summed E-state index contributed by atoms with van der Waals surface area (Å²) in [4.78, 5) is 4.48. The first kappa shape index (κ1) is 25.7. The molecular weight excluding hydrogens is 466 g/mol. The molecule has 0 amide bonds. The van der Waals surface area contributed by atoms with E-state index in [-0.39, 0.29) is 5.82 Å². The maximum absolute atomic E-state index is 15.2. The van der Waals surface area contributed by atoms with Gasteiger partial charge in [0.2, 0.25) is 0 Å². The lowest BCUT2D eigenvalue weighted by Gasteiger charge is -2.10. The van der Waals surface area contributed by atoms with E-state index in [1.807, 2.05) is 30.3 Å². The maximum atomic E-state index is 15.2. The molecule has 0 spiro atoms. The minimum absolute atomic E-state index is 0.272. The third-order valence-electron chi connectivity index (χ3n) is 6.30. The molecule has 4 aromatic rings. The Morgan fingerprint density at radius 2 is 1.56 bits per heavy atom. The molecule has 1 heterocycles. The third-order valence-corrected chi connectivity index (χ3v) is 6.30. The van der Waals surface area contributed by atoms with Crippen molar-refractivity contribution in [2.45, 2.75) is 51.6 Å². The predicted octanol–water partition coefficient (Wildman–Crippen LogP) is 8.14. The van der Waals surface area contributed by atoms with Crippen molar-refractivity contribution < 1.29 is 22.3 Å². The molecule has 0 unspecified atom stereocenters.